The van der Waals surface area contributed by atoms with Crippen molar-refractivity contribution in [2.75, 3.05) is 39.3 Å². The molecule has 1 aliphatic heterocycles. The Morgan fingerprint density at radius 2 is 1.95 bits per heavy atom. The molecule has 1 aliphatic rings. The van der Waals surface area contributed by atoms with E-state index in [2.05, 4.69) is 4.90 Å². The van der Waals surface area contributed by atoms with Crippen molar-refractivity contribution in [3.05, 3.63) is 35.9 Å². The van der Waals surface area contributed by atoms with E-state index in [0.29, 0.717) is 19.7 Å². The molecule has 0 unspecified atom stereocenters. The van der Waals surface area contributed by atoms with Crippen LogP contribution in [0, 0.1) is 0 Å². The molecule has 0 radical (unpaired) electrons. The molecule has 1 amide bonds. The summed E-state index contributed by atoms with van der Waals surface area (Å²) in [5.74, 6) is 0. The van der Waals surface area contributed by atoms with E-state index in [-0.39, 0.29) is 12.7 Å². The molecule has 0 bridgehead atoms. The molecular formula is C15H22N2O3. The predicted octanol–water partition coefficient (Wildman–Crippen LogP) is 1.32. The van der Waals surface area contributed by atoms with Gasteiger partial charge in [-0.25, -0.2) is 4.79 Å². The molecule has 110 valence electrons. The molecule has 0 spiro atoms. The Balaban J connectivity index is 1.77. The van der Waals surface area contributed by atoms with Crippen LogP contribution >= 0.6 is 0 Å². The van der Waals surface area contributed by atoms with Gasteiger partial charge in [-0.1, -0.05) is 30.3 Å². The van der Waals surface area contributed by atoms with Crippen molar-refractivity contribution >= 4 is 6.09 Å². The SMILES string of the molecule is O=C(OCc1ccccc1)N1CCCN(CCO)CC1. The molecule has 1 aromatic carbocycles. The van der Waals surface area contributed by atoms with E-state index in [0.717, 1.165) is 31.6 Å². The van der Waals surface area contributed by atoms with E-state index in [1.807, 2.05) is 30.3 Å². The minimum atomic E-state index is -0.250. The lowest BCUT2D eigenvalue weighted by atomic mass is 10.2. The summed E-state index contributed by atoms with van der Waals surface area (Å²) in [6.07, 6.45) is 0.667. The molecule has 20 heavy (non-hydrogen) atoms. The Labute approximate surface area is 119 Å². The van der Waals surface area contributed by atoms with E-state index in [9.17, 15) is 4.79 Å². The Bertz CT molecular complexity index is 411. The first-order valence-electron chi connectivity index (χ1n) is 7.08. The molecule has 2 rings (SSSR count). The van der Waals surface area contributed by atoms with Gasteiger partial charge in [0.05, 0.1) is 6.61 Å². The lowest BCUT2D eigenvalue weighted by molar-refractivity contribution is 0.0970. The molecule has 1 N–H and O–H groups in total. The Hall–Kier alpha value is -1.59. The summed E-state index contributed by atoms with van der Waals surface area (Å²) < 4.78 is 5.34. The van der Waals surface area contributed by atoms with Gasteiger partial charge in [-0.05, 0) is 18.5 Å². The maximum Gasteiger partial charge on any atom is 0.410 e. The average molecular weight is 278 g/mol. The Morgan fingerprint density at radius 1 is 1.15 bits per heavy atom. The quantitative estimate of drug-likeness (QED) is 0.902. The average Bonchev–Trinajstić information content (AvgIpc) is 2.72. The zero-order valence-corrected chi connectivity index (χ0v) is 11.7. The maximum absolute atomic E-state index is 12.0. The second-order valence-corrected chi connectivity index (χ2v) is 4.95. The summed E-state index contributed by atoms with van der Waals surface area (Å²) in [6, 6.07) is 9.69. The monoisotopic (exact) mass is 278 g/mol. The molecule has 5 heteroatoms. The number of β-amino-alcohol motifs (C(OH)–C–C–N with tert-alkyl or cyclic N) is 1. The minimum Gasteiger partial charge on any atom is -0.445 e. The lowest BCUT2D eigenvalue weighted by Gasteiger charge is -2.21. The number of nitrogens with zero attached hydrogens (tertiary/aromatic N) is 2. The second kappa shape index (κ2) is 7.87. The molecule has 1 aromatic rings. The van der Waals surface area contributed by atoms with Gasteiger partial charge in [-0.15, -0.1) is 0 Å². The third-order valence-electron chi connectivity index (χ3n) is 3.47. The first kappa shape index (κ1) is 14.8. The summed E-state index contributed by atoms with van der Waals surface area (Å²) in [4.78, 5) is 15.9. The van der Waals surface area contributed by atoms with Crippen LogP contribution < -0.4 is 0 Å². The highest BCUT2D eigenvalue weighted by molar-refractivity contribution is 5.67. The largest absolute Gasteiger partial charge is 0.445 e. The van der Waals surface area contributed by atoms with Crippen LogP contribution in [0.3, 0.4) is 0 Å². The fraction of sp³-hybridized carbons (Fsp3) is 0.533. The number of carbonyl (C=O) groups is 1. The molecule has 5 nitrogen and oxygen atoms in total. The number of aliphatic hydroxyl groups excluding tert-OH is 1. The number of hydrogen-bond acceptors (Lipinski definition) is 4. The van der Waals surface area contributed by atoms with Crippen LogP contribution in [0.1, 0.15) is 12.0 Å². The van der Waals surface area contributed by atoms with Crippen LogP contribution in [-0.2, 0) is 11.3 Å². The van der Waals surface area contributed by atoms with E-state index < -0.39 is 0 Å². The summed E-state index contributed by atoms with van der Waals surface area (Å²) in [6.45, 7) is 4.25. The van der Waals surface area contributed by atoms with E-state index >= 15 is 0 Å². The maximum atomic E-state index is 12.0. The minimum absolute atomic E-state index is 0.165. The predicted molar refractivity (Wildman–Crippen MR) is 76.3 cm³/mol. The summed E-state index contributed by atoms with van der Waals surface area (Å²) in [7, 11) is 0. The molecular weight excluding hydrogens is 256 g/mol. The van der Waals surface area contributed by atoms with Gasteiger partial charge in [0.1, 0.15) is 6.61 Å². The zero-order valence-electron chi connectivity index (χ0n) is 11.7. The third-order valence-corrected chi connectivity index (χ3v) is 3.47. The van der Waals surface area contributed by atoms with Gasteiger partial charge in [0.2, 0.25) is 0 Å². The lowest BCUT2D eigenvalue weighted by Crippen LogP contribution is -2.36. The van der Waals surface area contributed by atoms with Gasteiger partial charge in [0.25, 0.3) is 0 Å². The van der Waals surface area contributed by atoms with Crippen LogP contribution in [-0.4, -0.2) is 60.3 Å². The number of carbonyl (C=O) groups excluding carboxylic acids is 1. The van der Waals surface area contributed by atoms with E-state index in [1.165, 1.54) is 0 Å². The van der Waals surface area contributed by atoms with Crippen molar-refractivity contribution in [1.82, 2.24) is 9.80 Å². The standard InChI is InChI=1S/C15H22N2O3/c18-12-11-16-7-4-8-17(10-9-16)15(19)20-13-14-5-2-1-3-6-14/h1-3,5-6,18H,4,7-13H2. The first-order valence-corrected chi connectivity index (χ1v) is 7.08. The van der Waals surface area contributed by atoms with Crippen LogP contribution in [0.5, 0.6) is 0 Å². The van der Waals surface area contributed by atoms with Crippen molar-refractivity contribution < 1.29 is 14.6 Å². The van der Waals surface area contributed by atoms with Crippen molar-refractivity contribution in [3.63, 3.8) is 0 Å². The number of rotatable bonds is 4. The Kier molecular flexibility index (Phi) is 5.83. The first-order chi connectivity index (χ1) is 9.79. The van der Waals surface area contributed by atoms with Crippen LogP contribution in [0.25, 0.3) is 0 Å². The van der Waals surface area contributed by atoms with Crippen LogP contribution in [0.2, 0.25) is 0 Å². The van der Waals surface area contributed by atoms with Crippen LogP contribution in [0.15, 0.2) is 30.3 Å². The zero-order chi connectivity index (χ0) is 14.2. The van der Waals surface area contributed by atoms with Gasteiger partial charge in [0, 0.05) is 26.2 Å². The Morgan fingerprint density at radius 3 is 2.70 bits per heavy atom. The van der Waals surface area contributed by atoms with Crippen molar-refractivity contribution in [1.29, 1.82) is 0 Å². The number of amides is 1. The second-order valence-electron chi connectivity index (χ2n) is 4.95. The van der Waals surface area contributed by atoms with E-state index in [1.54, 1.807) is 4.90 Å². The fourth-order valence-electron chi connectivity index (χ4n) is 2.33. The van der Waals surface area contributed by atoms with Gasteiger partial charge >= 0.3 is 6.09 Å². The van der Waals surface area contributed by atoms with Crippen molar-refractivity contribution in [3.8, 4) is 0 Å². The molecule has 1 fully saturated rings. The molecule has 0 aliphatic carbocycles. The molecule has 0 atom stereocenters. The number of aliphatic hydroxyl groups is 1. The number of ether oxygens (including phenoxy) is 1. The highest BCUT2D eigenvalue weighted by atomic mass is 16.6. The van der Waals surface area contributed by atoms with Crippen LogP contribution in [0.4, 0.5) is 4.79 Å². The topological polar surface area (TPSA) is 53.0 Å². The normalized spacial score (nSPS) is 16.8. The van der Waals surface area contributed by atoms with Gasteiger partial charge < -0.3 is 14.7 Å². The highest BCUT2D eigenvalue weighted by Crippen LogP contribution is 2.07. The molecule has 1 saturated heterocycles. The highest BCUT2D eigenvalue weighted by Gasteiger charge is 2.19. The van der Waals surface area contributed by atoms with Crippen molar-refractivity contribution in [2.24, 2.45) is 0 Å². The van der Waals surface area contributed by atoms with Gasteiger partial charge in [-0.2, -0.15) is 0 Å². The third kappa shape index (κ3) is 4.51. The molecule has 0 aromatic heterocycles. The molecule has 0 saturated carbocycles. The molecule has 1 heterocycles. The summed E-state index contributed by atoms with van der Waals surface area (Å²) in [5, 5.41) is 8.95. The fourth-order valence-corrected chi connectivity index (χ4v) is 2.33. The van der Waals surface area contributed by atoms with Gasteiger partial charge in [0.15, 0.2) is 0 Å². The number of benzene rings is 1. The number of hydrogen-bond donors (Lipinski definition) is 1. The smallest absolute Gasteiger partial charge is 0.410 e. The van der Waals surface area contributed by atoms with Gasteiger partial charge in [-0.3, -0.25) is 4.90 Å². The summed E-state index contributed by atoms with van der Waals surface area (Å²) >= 11 is 0. The van der Waals surface area contributed by atoms with E-state index in [4.69, 9.17) is 9.84 Å². The van der Waals surface area contributed by atoms with Crippen molar-refractivity contribution in [2.45, 2.75) is 13.0 Å². The summed E-state index contributed by atoms with van der Waals surface area (Å²) in [5.41, 5.74) is 0.998.